The second kappa shape index (κ2) is 51.0. The molecule has 5 heterocycles. The number of benzene rings is 9. The first kappa shape index (κ1) is 96.5. The van der Waals surface area contributed by atoms with Gasteiger partial charge in [-0.15, -0.1) is 0 Å². The number of carbonyl (C=O) groups is 8. The number of hydrogen-bond acceptors (Lipinski definition) is 11. The lowest BCUT2D eigenvalue weighted by Crippen LogP contribution is -2.50. The van der Waals surface area contributed by atoms with Crippen molar-refractivity contribution in [1.29, 1.82) is 0 Å². The van der Waals surface area contributed by atoms with E-state index in [1.54, 1.807) is 54.6 Å². The molecule has 9 aromatic carbocycles. The number of halogens is 3. The zero-order valence-corrected chi connectivity index (χ0v) is 76.9. The molecule has 1 aliphatic carbocycles. The van der Waals surface area contributed by atoms with Crippen molar-refractivity contribution in [2.24, 2.45) is 5.92 Å². The molecule has 682 valence electrons. The monoisotopic (exact) mass is 1810 g/mol. The van der Waals surface area contributed by atoms with Gasteiger partial charge in [0.05, 0.1) is 18.1 Å². The lowest BCUT2D eigenvalue weighted by molar-refractivity contribution is -0.136. The first-order valence-corrected chi connectivity index (χ1v) is 48.1. The first-order valence-electron chi connectivity index (χ1n) is 47.0. The van der Waals surface area contributed by atoms with E-state index in [4.69, 9.17) is 34.8 Å². The minimum Gasteiger partial charge on any atom is -0.351 e. The fourth-order valence-corrected chi connectivity index (χ4v) is 19.1. The second-order valence-electron chi connectivity index (χ2n) is 35.3. The van der Waals surface area contributed by atoms with Crippen molar-refractivity contribution < 1.29 is 38.4 Å². The summed E-state index contributed by atoms with van der Waals surface area (Å²) in [4.78, 5) is 117. The largest absolute Gasteiger partial charge is 0.351 e. The number of piperidine rings is 2. The molecule has 15 rings (SSSR count). The molecule has 19 nitrogen and oxygen atoms in total. The van der Waals surface area contributed by atoms with Crippen molar-refractivity contribution in [3.8, 4) is 0 Å². The van der Waals surface area contributed by atoms with E-state index >= 15 is 0 Å². The minimum atomic E-state index is -0.514. The second-order valence-corrected chi connectivity index (χ2v) is 36.6. The predicted octanol–water partition coefficient (Wildman–Crippen LogP) is 17.7. The molecular formula is C108H126Cl3N11O8. The van der Waals surface area contributed by atoms with Crippen LogP contribution >= 0.6 is 34.8 Å². The summed E-state index contributed by atoms with van der Waals surface area (Å²) in [7, 11) is 0. The van der Waals surface area contributed by atoms with Crippen molar-refractivity contribution in [3.63, 3.8) is 0 Å². The van der Waals surface area contributed by atoms with Gasteiger partial charge in [0, 0.05) is 167 Å². The molecule has 0 bridgehead atoms. The molecule has 0 radical (unpaired) electrons. The molecule has 5 aliphatic heterocycles. The Morgan fingerprint density at radius 3 is 0.962 bits per heavy atom. The number of amides is 8. The minimum absolute atomic E-state index is 0.00904. The van der Waals surface area contributed by atoms with Gasteiger partial charge in [0.15, 0.2) is 0 Å². The zero-order valence-electron chi connectivity index (χ0n) is 74.6. The molecule has 6 fully saturated rings. The fraction of sp³-hybridized carbons (Fsp3) is 0.389. The van der Waals surface area contributed by atoms with E-state index in [9.17, 15) is 38.4 Å². The van der Waals surface area contributed by atoms with Gasteiger partial charge in [0.1, 0.15) is 0 Å². The summed E-state index contributed by atoms with van der Waals surface area (Å²) in [5, 5.41) is 21.7. The molecule has 5 saturated heterocycles. The van der Waals surface area contributed by atoms with Crippen LogP contribution in [0.25, 0.3) is 12.2 Å². The summed E-state index contributed by atoms with van der Waals surface area (Å²) >= 11 is 17.9. The SMILES string of the molecule is O=C(/C=C/c1ccc(Cl)cc1)NC[C@@H]1CCN(CC(c2ccccc2)c2ccccc2)C(=O)[C@H](CC2CCCCC2)N1.O=C(/C=C/c1ccc(Cl)cc1)NC[C@@H]1CCN(CC(c2ccccc2)c2ccccc2)C(=O)[C@H](CCC(=O)N2CCCCC2)N1.O=C(NC[C@@H]1CCN(CC(c2ccccc2)c2ccccc2)C(=O)[C@H](CCC(=O)N2CCCCC2)N1)c1ccc(Cl)cc1. The average Bonchev–Trinajstić information content (AvgIpc) is 1.59. The van der Waals surface area contributed by atoms with E-state index in [1.165, 1.54) is 49.3 Å². The quantitative estimate of drug-likeness (QED) is 0.0224. The normalized spacial score (nSPS) is 19.5. The summed E-state index contributed by atoms with van der Waals surface area (Å²) in [6.45, 7) is 7.90. The van der Waals surface area contributed by atoms with E-state index < -0.39 is 12.1 Å². The van der Waals surface area contributed by atoms with Crippen molar-refractivity contribution in [3.05, 3.63) is 332 Å². The highest BCUT2D eigenvalue weighted by molar-refractivity contribution is 6.31. The van der Waals surface area contributed by atoms with Crippen molar-refractivity contribution in [2.75, 3.05) is 85.1 Å². The molecule has 1 saturated carbocycles. The Morgan fingerprint density at radius 2 is 0.631 bits per heavy atom. The first-order chi connectivity index (χ1) is 63.5. The van der Waals surface area contributed by atoms with E-state index in [0.717, 1.165) is 111 Å². The standard InChI is InChI=1S/C37H43ClN4O3.C36H42ClN3O2.C35H41ClN4O3/c38-31-17-14-28(15-18-31)16-20-35(43)39-26-32-22-25-42(27-33(29-10-4-1-5-11-29)30-12-6-2-7-13-30)37(45)34(40-32)19-21-36(44)41-23-8-3-9-24-41;37-31-19-16-27(17-20-31)18-21-35(41)38-25-32-22-23-40(36(42)34(39-32)24-28-10-4-1-5-11-28)26-33(29-12-6-2-7-13-29)30-14-8-3-9-15-30;36-29-16-14-28(15-17-29)34(42)37-24-30-20-23-40(25-31(26-10-4-1-5-11-26)27-12-6-2-7-13-27)35(43)32(38-30)18-19-33(41)39-21-8-3-9-22-39/h1-2,4-7,10-18,20,32-34,40H,3,8-9,19,21-27H2,(H,39,43);2-3,6-9,12-21,28,32-34,39H,1,4-5,10-11,22-26H2,(H,38,41);1-2,4-7,10-17,30-32,38H,3,8-9,18-25H2,(H,37,42)/b20-16+;21-18+;/t2*32-,34-;30-,32-/m000/s1. The lowest BCUT2D eigenvalue weighted by atomic mass is 9.84. The van der Waals surface area contributed by atoms with Gasteiger partial charge >= 0.3 is 0 Å². The third kappa shape index (κ3) is 30.0. The summed E-state index contributed by atoms with van der Waals surface area (Å²) in [6.07, 6.45) is 23.7. The van der Waals surface area contributed by atoms with Crippen molar-refractivity contribution in [2.45, 2.75) is 176 Å². The summed E-state index contributed by atoms with van der Waals surface area (Å²) in [6, 6.07) is 82.2. The van der Waals surface area contributed by atoms with Crippen molar-refractivity contribution >= 4 is 94.2 Å². The summed E-state index contributed by atoms with van der Waals surface area (Å²) in [5.74, 6) is 0.602. The summed E-state index contributed by atoms with van der Waals surface area (Å²) < 4.78 is 0. The molecule has 6 aliphatic rings. The highest BCUT2D eigenvalue weighted by Gasteiger charge is 2.38. The smallest absolute Gasteiger partial charge is 0.251 e. The summed E-state index contributed by atoms with van der Waals surface area (Å²) in [5.41, 5.74) is 9.39. The molecule has 6 atom stereocenters. The Morgan fingerprint density at radius 1 is 0.338 bits per heavy atom. The Labute approximate surface area is 782 Å². The number of nitrogens with zero attached hydrogens (tertiary/aromatic N) is 5. The molecule has 6 N–H and O–H groups in total. The molecular weight excluding hydrogens is 1690 g/mol. The molecule has 0 spiro atoms. The van der Waals surface area contributed by atoms with Gasteiger partial charge in [-0.05, 0) is 188 Å². The number of nitrogens with one attached hydrogen (secondary N) is 6. The predicted molar refractivity (Wildman–Crippen MR) is 521 cm³/mol. The molecule has 130 heavy (non-hydrogen) atoms. The Hall–Kier alpha value is -11.0. The maximum Gasteiger partial charge on any atom is 0.251 e. The zero-order chi connectivity index (χ0) is 90.6. The topological polar surface area (TPSA) is 225 Å². The number of carbonyl (C=O) groups excluding carboxylic acids is 8. The third-order valence-corrected chi connectivity index (χ3v) is 26.8. The molecule has 0 aromatic heterocycles. The molecule has 8 amide bonds. The van der Waals surface area contributed by atoms with Crippen LogP contribution in [0.15, 0.2) is 267 Å². The highest BCUT2D eigenvalue weighted by atomic mass is 35.5. The van der Waals surface area contributed by atoms with Crippen LogP contribution in [-0.2, 0) is 33.6 Å². The Bertz CT molecular complexity index is 4970. The Balaban J connectivity index is 0.000000166. The number of rotatable bonds is 31. The van der Waals surface area contributed by atoms with E-state index in [-0.39, 0.29) is 89.2 Å². The lowest BCUT2D eigenvalue weighted by Gasteiger charge is -2.31. The van der Waals surface area contributed by atoms with Crippen LogP contribution in [0.5, 0.6) is 0 Å². The van der Waals surface area contributed by atoms with E-state index in [0.29, 0.717) is 124 Å². The number of hydrogen-bond donors (Lipinski definition) is 6. The molecule has 22 heteroatoms. The van der Waals surface area contributed by atoms with Gasteiger partial charge in [-0.25, -0.2) is 0 Å². The van der Waals surface area contributed by atoms with Crippen LogP contribution in [0, 0.1) is 5.92 Å². The maximum absolute atomic E-state index is 14.1. The van der Waals surface area contributed by atoms with Crippen LogP contribution in [0.1, 0.15) is 195 Å². The Kier molecular flexibility index (Phi) is 37.8. The van der Waals surface area contributed by atoms with Crippen LogP contribution < -0.4 is 31.9 Å². The van der Waals surface area contributed by atoms with E-state index in [1.807, 2.05) is 141 Å². The highest BCUT2D eigenvalue weighted by Crippen LogP contribution is 2.34. The number of likely N-dealkylation sites (tertiary alicyclic amines) is 2. The van der Waals surface area contributed by atoms with Gasteiger partial charge in [-0.3, -0.25) is 38.4 Å². The van der Waals surface area contributed by atoms with Gasteiger partial charge in [0.2, 0.25) is 41.4 Å². The van der Waals surface area contributed by atoms with Gasteiger partial charge in [-0.1, -0.05) is 273 Å². The van der Waals surface area contributed by atoms with Gasteiger partial charge < -0.3 is 56.4 Å². The fourth-order valence-electron chi connectivity index (χ4n) is 18.7. The molecule has 0 unspecified atom stereocenters. The van der Waals surface area contributed by atoms with E-state index in [2.05, 4.69) is 134 Å². The van der Waals surface area contributed by atoms with Gasteiger partial charge in [0.25, 0.3) is 5.91 Å². The molecule has 9 aromatic rings. The van der Waals surface area contributed by atoms with Crippen LogP contribution in [-0.4, -0.2) is 193 Å². The van der Waals surface area contributed by atoms with Crippen molar-refractivity contribution in [1.82, 2.24) is 56.4 Å². The average molecular weight is 1810 g/mol. The van der Waals surface area contributed by atoms with Crippen LogP contribution in [0.4, 0.5) is 0 Å². The maximum atomic E-state index is 14.1. The third-order valence-electron chi connectivity index (χ3n) is 26.1. The van der Waals surface area contributed by atoms with Crippen LogP contribution in [0.2, 0.25) is 15.1 Å². The van der Waals surface area contributed by atoms with Crippen LogP contribution in [0.3, 0.4) is 0 Å². The van der Waals surface area contributed by atoms with Gasteiger partial charge in [-0.2, -0.15) is 0 Å².